The fraction of sp³-hybridized carbons (Fsp3) is 0.200. The molecule has 0 spiro atoms. The Morgan fingerprint density at radius 3 is 2.17 bits per heavy atom. The number of aryl methyl sites for hydroxylation is 1. The maximum Gasteiger partial charge on any atom is 0.142 e. The van der Waals surface area contributed by atoms with Gasteiger partial charge >= 0.3 is 0 Å². The van der Waals surface area contributed by atoms with Crippen molar-refractivity contribution in [1.82, 2.24) is 0 Å². The summed E-state index contributed by atoms with van der Waals surface area (Å²) in [5.41, 5.74) is 0.330. The molecule has 0 aliphatic heterocycles. The van der Waals surface area contributed by atoms with E-state index in [2.05, 4.69) is 0 Å². The van der Waals surface area contributed by atoms with Crippen LogP contribution in [0.4, 0.5) is 8.78 Å². The van der Waals surface area contributed by atoms with Crippen LogP contribution >= 0.6 is 0 Å². The third-order valence-electron chi connectivity index (χ3n) is 1.65. The maximum atomic E-state index is 12.9. The topological polar surface area (TPSA) is 0 Å². The summed E-state index contributed by atoms with van der Waals surface area (Å²) in [7, 11) is 0. The molecule has 0 atom stereocenters. The van der Waals surface area contributed by atoms with Crippen LogP contribution < -0.4 is 0 Å². The van der Waals surface area contributed by atoms with Crippen molar-refractivity contribution in [1.29, 1.82) is 0 Å². The van der Waals surface area contributed by atoms with Crippen LogP contribution in [0.5, 0.6) is 0 Å². The van der Waals surface area contributed by atoms with Crippen LogP contribution in [0.3, 0.4) is 0 Å². The Hall–Kier alpha value is -1.36. The van der Waals surface area contributed by atoms with Crippen LogP contribution in [0.15, 0.2) is 12.1 Å². The monoisotopic (exact) mass is 166 g/mol. The molecule has 0 fully saturated rings. The molecule has 0 aliphatic carbocycles. The van der Waals surface area contributed by atoms with Crippen molar-refractivity contribution in [2.24, 2.45) is 0 Å². The van der Waals surface area contributed by atoms with E-state index < -0.39 is 11.6 Å². The Balaban J connectivity index is 3.30. The van der Waals surface area contributed by atoms with Gasteiger partial charge in [-0.15, -0.1) is 6.42 Å². The predicted octanol–water partition coefficient (Wildman–Crippen LogP) is 2.51. The van der Waals surface area contributed by atoms with E-state index in [9.17, 15) is 8.78 Å². The first-order valence-corrected chi connectivity index (χ1v) is 3.63. The van der Waals surface area contributed by atoms with Crippen molar-refractivity contribution in [2.45, 2.75) is 13.3 Å². The molecular weight excluding hydrogens is 158 g/mol. The molecule has 0 saturated carbocycles. The SMILES string of the molecule is C#Cc1c(F)cc(CC)cc1F. The molecule has 0 amide bonds. The lowest BCUT2D eigenvalue weighted by Crippen LogP contribution is -1.93. The maximum absolute atomic E-state index is 12.9. The number of benzene rings is 1. The Morgan fingerprint density at radius 1 is 1.33 bits per heavy atom. The molecular formula is C10H8F2. The molecule has 0 saturated heterocycles. The van der Waals surface area contributed by atoms with E-state index in [0.717, 1.165) is 0 Å². The average molecular weight is 166 g/mol. The second kappa shape index (κ2) is 3.36. The van der Waals surface area contributed by atoms with Gasteiger partial charge in [-0.1, -0.05) is 12.8 Å². The minimum atomic E-state index is -0.658. The highest BCUT2D eigenvalue weighted by Crippen LogP contribution is 2.14. The van der Waals surface area contributed by atoms with Crippen molar-refractivity contribution < 1.29 is 8.78 Å². The van der Waals surface area contributed by atoms with Gasteiger partial charge in [0.1, 0.15) is 11.6 Å². The molecule has 2 heteroatoms. The molecule has 12 heavy (non-hydrogen) atoms. The summed E-state index contributed by atoms with van der Waals surface area (Å²) < 4.78 is 25.8. The number of terminal acetylenes is 1. The van der Waals surface area contributed by atoms with Crippen LogP contribution in [-0.2, 0) is 6.42 Å². The van der Waals surface area contributed by atoms with E-state index in [1.165, 1.54) is 12.1 Å². The van der Waals surface area contributed by atoms with E-state index >= 15 is 0 Å². The molecule has 1 aromatic rings. The van der Waals surface area contributed by atoms with Gasteiger partial charge in [0, 0.05) is 0 Å². The zero-order valence-electron chi connectivity index (χ0n) is 6.70. The van der Waals surface area contributed by atoms with Gasteiger partial charge in [-0.25, -0.2) is 8.78 Å². The van der Waals surface area contributed by atoms with Gasteiger partial charge < -0.3 is 0 Å². The summed E-state index contributed by atoms with van der Waals surface area (Å²) >= 11 is 0. The van der Waals surface area contributed by atoms with Crippen molar-refractivity contribution >= 4 is 0 Å². The second-order valence-electron chi connectivity index (χ2n) is 2.43. The number of halogens is 2. The first-order chi connectivity index (χ1) is 5.69. The van der Waals surface area contributed by atoms with Crippen LogP contribution in [0.25, 0.3) is 0 Å². The van der Waals surface area contributed by atoms with Gasteiger partial charge in [0.2, 0.25) is 0 Å². The molecule has 0 aliphatic rings. The summed E-state index contributed by atoms with van der Waals surface area (Å²) in [5, 5.41) is 0. The largest absolute Gasteiger partial charge is 0.206 e. The van der Waals surface area contributed by atoms with Gasteiger partial charge in [0.15, 0.2) is 0 Å². The molecule has 0 N–H and O–H groups in total. The van der Waals surface area contributed by atoms with Crippen LogP contribution in [0, 0.1) is 24.0 Å². The van der Waals surface area contributed by atoms with Crippen molar-refractivity contribution in [3.05, 3.63) is 34.9 Å². The summed E-state index contributed by atoms with van der Waals surface area (Å²) in [6.07, 6.45) is 5.51. The molecule has 0 bridgehead atoms. The predicted molar refractivity (Wildman–Crippen MR) is 43.7 cm³/mol. The fourth-order valence-corrected chi connectivity index (χ4v) is 0.968. The minimum absolute atomic E-state index is 0.285. The molecule has 0 nitrogen and oxygen atoms in total. The Kier molecular flexibility index (Phi) is 2.44. The Bertz CT molecular complexity index is 311. The number of hydrogen-bond acceptors (Lipinski definition) is 0. The molecule has 0 heterocycles. The van der Waals surface area contributed by atoms with Gasteiger partial charge in [-0.2, -0.15) is 0 Å². The average Bonchev–Trinajstić information content (AvgIpc) is 2.03. The molecule has 0 aromatic heterocycles. The lowest BCUT2D eigenvalue weighted by Gasteiger charge is -2.00. The van der Waals surface area contributed by atoms with Gasteiger partial charge in [-0.3, -0.25) is 0 Å². The van der Waals surface area contributed by atoms with E-state index in [1.807, 2.05) is 12.8 Å². The second-order valence-corrected chi connectivity index (χ2v) is 2.43. The number of rotatable bonds is 1. The van der Waals surface area contributed by atoms with Crippen molar-refractivity contribution in [3.8, 4) is 12.3 Å². The van der Waals surface area contributed by atoms with Crippen molar-refractivity contribution in [2.75, 3.05) is 0 Å². The van der Waals surface area contributed by atoms with Crippen molar-refractivity contribution in [3.63, 3.8) is 0 Å². The lowest BCUT2D eigenvalue weighted by atomic mass is 10.1. The van der Waals surface area contributed by atoms with Crippen LogP contribution in [-0.4, -0.2) is 0 Å². The van der Waals surface area contributed by atoms with Gasteiger partial charge in [0.05, 0.1) is 5.56 Å². The molecule has 0 unspecified atom stereocenters. The van der Waals surface area contributed by atoms with Gasteiger partial charge in [-0.05, 0) is 24.1 Å². The molecule has 1 aromatic carbocycles. The minimum Gasteiger partial charge on any atom is -0.206 e. The summed E-state index contributed by atoms with van der Waals surface area (Å²) in [6, 6.07) is 2.52. The van der Waals surface area contributed by atoms with E-state index in [0.29, 0.717) is 12.0 Å². The lowest BCUT2D eigenvalue weighted by molar-refractivity contribution is 0.574. The highest BCUT2D eigenvalue weighted by Gasteiger charge is 2.07. The first-order valence-electron chi connectivity index (χ1n) is 3.63. The highest BCUT2D eigenvalue weighted by atomic mass is 19.1. The van der Waals surface area contributed by atoms with Gasteiger partial charge in [0.25, 0.3) is 0 Å². The highest BCUT2D eigenvalue weighted by molar-refractivity contribution is 5.37. The Labute approximate surface area is 70.2 Å². The summed E-state index contributed by atoms with van der Waals surface area (Å²) in [6.45, 7) is 1.82. The van der Waals surface area contributed by atoms with E-state index in [-0.39, 0.29) is 5.56 Å². The first kappa shape index (κ1) is 8.73. The molecule has 1 rings (SSSR count). The standard InChI is InChI=1S/C10H8F2/c1-3-7-5-9(11)8(4-2)10(12)6-7/h2,5-6H,3H2,1H3. The fourth-order valence-electron chi connectivity index (χ4n) is 0.968. The van der Waals surface area contributed by atoms with Crippen LogP contribution in [0.2, 0.25) is 0 Å². The third kappa shape index (κ3) is 1.45. The molecule has 62 valence electrons. The summed E-state index contributed by atoms with van der Waals surface area (Å²) in [4.78, 5) is 0. The Morgan fingerprint density at radius 2 is 1.83 bits per heavy atom. The summed E-state index contributed by atoms with van der Waals surface area (Å²) in [5.74, 6) is 0.649. The molecule has 0 radical (unpaired) electrons. The zero-order valence-corrected chi connectivity index (χ0v) is 6.70. The third-order valence-corrected chi connectivity index (χ3v) is 1.65. The normalized spacial score (nSPS) is 9.50. The van der Waals surface area contributed by atoms with E-state index in [1.54, 1.807) is 0 Å². The quantitative estimate of drug-likeness (QED) is 0.562. The zero-order chi connectivity index (χ0) is 9.14. The smallest absolute Gasteiger partial charge is 0.142 e. The number of hydrogen-bond donors (Lipinski definition) is 0. The van der Waals surface area contributed by atoms with E-state index in [4.69, 9.17) is 6.42 Å². The van der Waals surface area contributed by atoms with Crippen LogP contribution in [0.1, 0.15) is 18.1 Å².